The van der Waals surface area contributed by atoms with Crippen LogP contribution in [0.15, 0.2) is 54.7 Å². The molecule has 3 unspecified atom stereocenters. The summed E-state index contributed by atoms with van der Waals surface area (Å²) in [5.74, 6) is -5.33. The molecule has 0 aliphatic heterocycles. The number of nitrogens with two attached hydrogens (primary N) is 1. The Morgan fingerprint density at radius 3 is 2.50 bits per heavy atom. The van der Waals surface area contributed by atoms with Gasteiger partial charge in [0.05, 0.1) is 29.1 Å². The molecule has 0 saturated heterocycles. The molecule has 2 aromatic heterocycles. The summed E-state index contributed by atoms with van der Waals surface area (Å²) in [6.45, 7) is -0.701. The van der Waals surface area contributed by atoms with Crippen LogP contribution in [0.5, 0.6) is 0 Å². The summed E-state index contributed by atoms with van der Waals surface area (Å²) in [7, 11) is 0. The lowest BCUT2D eigenvalue weighted by Gasteiger charge is -2.22. The van der Waals surface area contributed by atoms with Gasteiger partial charge in [-0.3, -0.25) is 19.3 Å². The number of alkyl halides is 3. The summed E-state index contributed by atoms with van der Waals surface area (Å²) >= 11 is 0. The maximum Gasteiger partial charge on any atom is 0.435 e. The van der Waals surface area contributed by atoms with E-state index >= 15 is 0 Å². The number of nitrogens with one attached hydrogen (secondary N) is 1. The van der Waals surface area contributed by atoms with Crippen molar-refractivity contribution in [2.75, 3.05) is 0 Å². The quantitative estimate of drug-likeness (QED) is 0.248. The third-order valence-electron chi connectivity index (χ3n) is 7.90. The highest BCUT2D eigenvalue weighted by Crippen LogP contribution is 2.63. The lowest BCUT2D eigenvalue weighted by Crippen LogP contribution is -2.34. The number of halogens is 6. The highest BCUT2D eigenvalue weighted by atomic mass is 19.4. The number of rotatable bonds is 8. The molecule has 2 aromatic carbocycles. The zero-order valence-electron chi connectivity index (χ0n) is 22.6. The fraction of sp³-hybridized carbons (Fsp3) is 0.267. The normalized spacial score (nSPS) is 19.3. The van der Waals surface area contributed by atoms with Gasteiger partial charge in [0.25, 0.3) is 5.91 Å². The Morgan fingerprint density at radius 2 is 1.82 bits per heavy atom. The molecule has 0 spiro atoms. The average Bonchev–Trinajstić information content (AvgIpc) is 3.56. The van der Waals surface area contributed by atoms with E-state index in [-0.39, 0.29) is 40.4 Å². The molecular weight excluding hydrogens is 592 g/mol. The van der Waals surface area contributed by atoms with Gasteiger partial charge in [-0.1, -0.05) is 12.1 Å². The van der Waals surface area contributed by atoms with Crippen molar-refractivity contribution in [2.45, 2.75) is 43.6 Å². The number of carbonyl (C=O) groups is 2. The van der Waals surface area contributed by atoms with Crippen molar-refractivity contribution < 1.29 is 41.0 Å². The van der Waals surface area contributed by atoms with Gasteiger partial charge in [-0.25, -0.2) is 13.2 Å². The minimum Gasteiger partial charge on any atom is -0.386 e. The molecule has 0 radical (unpaired) electrons. The summed E-state index contributed by atoms with van der Waals surface area (Å²) in [6, 6.07) is 8.30. The number of aliphatic hydroxyl groups is 1. The number of carbonyl (C=O) groups excluding carboxylic acids is 2. The van der Waals surface area contributed by atoms with E-state index in [1.165, 1.54) is 24.4 Å². The molecule has 1 fully saturated rings. The fourth-order valence-electron chi connectivity index (χ4n) is 5.97. The summed E-state index contributed by atoms with van der Waals surface area (Å²) in [4.78, 5) is 29.5. The number of hydrogen-bond acceptors (Lipinski definition) is 5. The Morgan fingerprint density at radius 1 is 1.09 bits per heavy atom. The Balaban J connectivity index is 1.37. The summed E-state index contributed by atoms with van der Waals surface area (Å²) in [5.41, 5.74) is 4.43. The van der Waals surface area contributed by atoms with Crippen LogP contribution in [0.1, 0.15) is 63.1 Å². The van der Waals surface area contributed by atoms with Crippen LogP contribution < -0.4 is 11.1 Å². The van der Waals surface area contributed by atoms with Crippen molar-refractivity contribution in [1.29, 1.82) is 0 Å². The number of primary amides is 1. The van der Waals surface area contributed by atoms with Crippen LogP contribution >= 0.6 is 0 Å². The van der Waals surface area contributed by atoms with E-state index in [0.717, 1.165) is 22.9 Å². The predicted molar refractivity (Wildman–Crippen MR) is 142 cm³/mol. The number of aliphatic hydroxyl groups excluding tert-OH is 1. The van der Waals surface area contributed by atoms with Gasteiger partial charge in [-0.2, -0.15) is 18.3 Å². The molecule has 0 bridgehead atoms. The van der Waals surface area contributed by atoms with Crippen LogP contribution in [0.4, 0.5) is 26.3 Å². The van der Waals surface area contributed by atoms with Crippen molar-refractivity contribution in [3.05, 3.63) is 106 Å². The smallest absolute Gasteiger partial charge is 0.386 e. The lowest BCUT2D eigenvalue weighted by atomic mass is 9.94. The van der Waals surface area contributed by atoms with Crippen LogP contribution in [-0.4, -0.2) is 31.7 Å². The van der Waals surface area contributed by atoms with Gasteiger partial charge >= 0.3 is 6.18 Å². The Bertz CT molecular complexity index is 1790. The molecule has 2 amide bonds. The first-order chi connectivity index (χ1) is 20.8. The molecule has 14 heteroatoms. The Kier molecular flexibility index (Phi) is 7.19. The van der Waals surface area contributed by atoms with E-state index in [9.17, 15) is 41.0 Å². The van der Waals surface area contributed by atoms with Crippen LogP contribution in [-0.2, 0) is 23.9 Å². The third kappa shape index (κ3) is 5.41. The topological polar surface area (TPSA) is 123 Å². The van der Waals surface area contributed by atoms with Crippen LogP contribution in [0.2, 0.25) is 0 Å². The summed E-state index contributed by atoms with van der Waals surface area (Å²) in [6.07, 6.45) is -4.45. The van der Waals surface area contributed by atoms with Crippen LogP contribution in [0, 0.1) is 23.4 Å². The van der Waals surface area contributed by atoms with Crippen molar-refractivity contribution >= 4 is 11.8 Å². The SMILES string of the molecule is NC(=O)c1cc(-c2cccnc2[C@H](Cc2cc(F)cc(F)c2)NC(=O)Cn2nc(C(F)(F)F)c3c2C(O)C2CC32)ccc1F. The number of nitrogens with zero attached hydrogens (tertiary/aromatic N) is 3. The van der Waals surface area contributed by atoms with Crippen molar-refractivity contribution in [2.24, 2.45) is 11.7 Å². The van der Waals surface area contributed by atoms with E-state index in [0.29, 0.717) is 18.1 Å². The second-order valence-corrected chi connectivity index (χ2v) is 10.9. The molecule has 6 rings (SSSR count). The standard InChI is InChI=1S/C30H23F6N5O3/c31-15-6-13(7-16(32)10-15)8-22(25-17(2-1-5-38-25)14-3-4-21(33)20(9-14)29(37)44)39-23(42)12-41-26-24(18-11-19(18)27(26)43)28(40-41)30(34,35)36/h1-7,9-10,18-19,22,27,43H,8,11-12H2,(H2,37,44)(H,39,42)/t18?,19?,22-,27?/m0/s1. The minimum absolute atomic E-state index is 0.0682. The largest absolute Gasteiger partial charge is 0.435 e. The molecule has 4 N–H and O–H groups in total. The van der Waals surface area contributed by atoms with E-state index < -0.39 is 71.3 Å². The number of pyridine rings is 1. The molecule has 44 heavy (non-hydrogen) atoms. The van der Waals surface area contributed by atoms with Gasteiger partial charge in [0.15, 0.2) is 5.69 Å². The minimum atomic E-state index is -4.80. The molecule has 8 nitrogen and oxygen atoms in total. The molecule has 2 aliphatic rings. The molecule has 228 valence electrons. The Labute approximate surface area is 245 Å². The fourth-order valence-corrected chi connectivity index (χ4v) is 5.97. The van der Waals surface area contributed by atoms with Gasteiger partial charge in [-0.15, -0.1) is 0 Å². The highest BCUT2D eigenvalue weighted by Gasteiger charge is 2.58. The number of amides is 2. The molecule has 4 aromatic rings. The first kappa shape index (κ1) is 29.4. The van der Waals surface area contributed by atoms with Crippen molar-refractivity contribution in [3.8, 4) is 11.1 Å². The van der Waals surface area contributed by atoms with Gasteiger partial charge < -0.3 is 16.2 Å². The molecular formula is C30H23F6N5O3. The molecule has 4 atom stereocenters. The number of fused-ring (bicyclic) bond motifs is 3. The monoisotopic (exact) mass is 615 g/mol. The number of hydrogen-bond donors (Lipinski definition) is 3. The third-order valence-corrected chi connectivity index (χ3v) is 7.90. The first-order valence-electron chi connectivity index (χ1n) is 13.5. The second kappa shape index (κ2) is 10.8. The van der Waals surface area contributed by atoms with Gasteiger partial charge in [0.1, 0.15) is 24.0 Å². The maximum absolute atomic E-state index is 14.2. The number of benzene rings is 2. The van der Waals surface area contributed by atoms with E-state index in [1.54, 1.807) is 6.07 Å². The van der Waals surface area contributed by atoms with E-state index in [4.69, 9.17) is 5.73 Å². The van der Waals surface area contributed by atoms with Gasteiger partial charge in [-0.05, 0) is 66.1 Å². The molecule has 1 saturated carbocycles. The Hall–Kier alpha value is -4.72. The zero-order valence-corrected chi connectivity index (χ0v) is 22.6. The lowest BCUT2D eigenvalue weighted by molar-refractivity contribution is -0.142. The van der Waals surface area contributed by atoms with E-state index in [1.807, 2.05) is 0 Å². The summed E-state index contributed by atoms with van der Waals surface area (Å²) in [5, 5.41) is 16.9. The van der Waals surface area contributed by atoms with Crippen molar-refractivity contribution in [3.63, 3.8) is 0 Å². The summed E-state index contributed by atoms with van der Waals surface area (Å²) < 4.78 is 84.6. The molecule has 2 aliphatic carbocycles. The van der Waals surface area contributed by atoms with Gasteiger partial charge in [0, 0.05) is 23.4 Å². The average molecular weight is 616 g/mol. The predicted octanol–water partition coefficient (Wildman–Crippen LogP) is 4.73. The first-order valence-corrected chi connectivity index (χ1v) is 13.5. The number of aromatic nitrogens is 3. The zero-order chi connectivity index (χ0) is 31.5. The molecule has 2 heterocycles. The van der Waals surface area contributed by atoms with Crippen LogP contribution in [0.3, 0.4) is 0 Å². The van der Waals surface area contributed by atoms with E-state index in [2.05, 4.69) is 15.4 Å². The second-order valence-electron chi connectivity index (χ2n) is 10.9. The van der Waals surface area contributed by atoms with Gasteiger partial charge in [0.2, 0.25) is 5.91 Å². The van der Waals surface area contributed by atoms with Crippen molar-refractivity contribution in [1.82, 2.24) is 20.1 Å². The van der Waals surface area contributed by atoms with Crippen LogP contribution in [0.25, 0.3) is 11.1 Å². The highest BCUT2D eigenvalue weighted by molar-refractivity contribution is 5.94. The maximum atomic E-state index is 14.2.